The summed E-state index contributed by atoms with van der Waals surface area (Å²) in [6, 6.07) is 10.3. The number of ether oxygens (including phenoxy) is 3. The fourth-order valence-corrected chi connectivity index (χ4v) is 2.06. The Labute approximate surface area is 149 Å². The highest BCUT2D eigenvalue weighted by Gasteiger charge is 2.11. The van der Waals surface area contributed by atoms with Crippen molar-refractivity contribution in [3.05, 3.63) is 63.7 Å². The molecule has 8 heteroatoms. The molecule has 2 aromatic rings. The maximum Gasteiger partial charge on any atom is 0.344 e. The van der Waals surface area contributed by atoms with Crippen LogP contribution in [0.4, 0.5) is 5.69 Å². The monoisotopic (exact) mass is 359 g/mol. The van der Waals surface area contributed by atoms with Crippen LogP contribution >= 0.6 is 0 Å². The number of hydrogen-bond donors (Lipinski definition) is 0. The van der Waals surface area contributed by atoms with Crippen LogP contribution in [-0.4, -0.2) is 30.4 Å². The number of Topliss-reactive ketones (excluding diaryl/α,β-unsaturated/α-hetero) is 1. The Kier molecular flexibility index (Phi) is 6.26. The molecule has 0 aliphatic rings. The van der Waals surface area contributed by atoms with Crippen LogP contribution in [-0.2, 0) is 16.1 Å². The Morgan fingerprint density at radius 1 is 1.08 bits per heavy atom. The molecule has 0 aromatic heterocycles. The van der Waals surface area contributed by atoms with E-state index in [-0.39, 0.29) is 24.7 Å². The summed E-state index contributed by atoms with van der Waals surface area (Å²) in [6.45, 7) is 1.06. The molecule has 0 saturated carbocycles. The summed E-state index contributed by atoms with van der Waals surface area (Å²) in [5, 5.41) is 10.6. The minimum Gasteiger partial charge on any atom is -0.493 e. The molecule has 0 radical (unpaired) electrons. The first kappa shape index (κ1) is 18.9. The second-order valence-corrected chi connectivity index (χ2v) is 5.29. The summed E-state index contributed by atoms with van der Waals surface area (Å²) in [4.78, 5) is 33.2. The number of carbonyl (C=O) groups excluding carboxylic acids is 2. The van der Waals surface area contributed by atoms with Crippen molar-refractivity contribution in [1.82, 2.24) is 0 Å². The van der Waals surface area contributed by atoms with Gasteiger partial charge in [-0.05, 0) is 42.8 Å². The van der Waals surface area contributed by atoms with Crippen molar-refractivity contribution in [2.45, 2.75) is 13.5 Å². The maximum absolute atomic E-state index is 11.8. The standard InChI is InChI=1S/C18H17NO7/c1-12(20)14-5-8-16(17(9-14)24-2)25-11-18(21)26-10-13-3-6-15(7-4-13)19(22)23/h3-9H,10-11H2,1-2H3. The molecule has 2 aromatic carbocycles. The first-order chi connectivity index (χ1) is 12.4. The van der Waals surface area contributed by atoms with E-state index in [1.54, 1.807) is 12.1 Å². The number of nitro benzene ring substituents is 1. The number of carbonyl (C=O) groups is 2. The van der Waals surface area contributed by atoms with Crippen LogP contribution < -0.4 is 9.47 Å². The lowest BCUT2D eigenvalue weighted by Gasteiger charge is -2.11. The molecule has 0 aliphatic heterocycles. The molecule has 0 spiro atoms. The van der Waals surface area contributed by atoms with Gasteiger partial charge < -0.3 is 14.2 Å². The maximum atomic E-state index is 11.8. The zero-order chi connectivity index (χ0) is 19.1. The average molecular weight is 359 g/mol. The molecule has 0 amide bonds. The SMILES string of the molecule is COc1cc(C(C)=O)ccc1OCC(=O)OCc1ccc([N+](=O)[O-])cc1. The Morgan fingerprint density at radius 2 is 1.77 bits per heavy atom. The summed E-state index contributed by atoms with van der Waals surface area (Å²) in [5.41, 5.74) is 1.05. The van der Waals surface area contributed by atoms with E-state index in [0.29, 0.717) is 22.6 Å². The normalized spacial score (nSPS) is 10.1. The lowest BCUT2D eigenvalue weighted by atomic mass is 10.1. The summed E-state index contributed by atoms with van der Waals surface area (Å²) in [7, 11) is 1.43. The molecule has 0 heterocycles. The van der Waals surface area contributed by atoms with Gasteiger partial charge in [-0.2, -0.15) is 0 Å². The molecule has 0 unspecified atom stereocenters. The van der Waals surface area contributed by atoms with Crippen molar-refractivity contribution in [2.24, 2.45) is 0 Å². The number of rotatable bonds is 8. The molecular formula is C18H17NO7. The zero-order valence-electron chi connectivity index (χ0n) is 14.3. The minimum atomic E-state index is -0.610. The molecule has 0 fully saturated rings. The van der Waals surface area contributed by atoms with Crippen LogP contribution in [0.2, 0.25) is 0 Å². The van der Waals surface area contributed by atoms with Crippen molar-refractivity contribution in [1.29, 1.82) is 0 Å². The van der Waals surface area contributed by atoms with Gasteiger partial charge in [-0.1, -0.05) is 0 Å². The van der Waals surface area contributed by atoms with E-state index < -0.39 is 10.9 Å². The van der Waals surface area contributed by atoms with Crippen LogP contribution in [0.1, 0.15) is 22.8 Å². The van der Waals surface area contributed by atoms with Crippen LogP contribution in [0, 0.1) is 10.1 Å². The highest BCUT2D eigenvalue weighted by atomic mass is 16.6. The molecule has 8 nitrogen and oxygen atoms in total. The van der Waals surface area contributed by atoms with E-state index >= 15 is 0 Å². The van der Waals surface area contributed by atoms with Crippen molar-refractivity contribution >= 4 is 17.4 Å². The Hall–Kier alpha value is -3.42. The van der Waals surface area contributed by atoms with Crippen molar-refractivity contribution in [2.75, 3.05) is 13.7 Å². The highest BCUT2D eigenvalue weighted by molar-refractivity contribution is 5.94. The van der Waals surface area contributed by atoms with E-state index in [2.05, 4.69) is 0 Å². The van der Waals surface area contributed by atoms with E-state index in [1.165, 1.54) is 44.4 Å². The Bertz CT molecular complexity index is 815. The molecule has 0 N–H and O–H groups in total. The topological polar surface area (TPSA) is 105 Å². The molecule has 0 aliphatic carbocycles. The van der Waals surface area contributed by atoms with Crippen LogP contribution in [0.5, 0.6) is 11.5 Å². The van der Waals surface area contributed by atoms with Crippen LogP contribution in [0.25, 0.3) is 0 Å². The summed E-state index contributed by atoms with van der Waals surface area (Å²) in [5.74, 6) is -0.0796. The fraction of sp³-hybridized carbons (Fsp3) is 0.222. The largest absolute Gasteiger partial charge is 0.493 e. The second kappa shape index (κ2) is 8.61. The van der Waals surface area contributed by atoms with Gasteiger partial charge in [-0.3, -0.25) is 14.9 Å². The van der Waals surface area contributed by atoms with Crippen LogP contribution in [0.15, 0.2) is 42.5 Å². The first-order valence-electron chi connectivity index (χ1n) is 7.61. The first-order valence-corrected chi connectivity index (χ1v) is 7.61. The third-order valence-corrected chi connectivity index (χ3v) is 3.46. The van der Waals surface area contributed by atoms with Crippen molar-refractivity contribution in [3.63, 3.8) is 0 Å². The number of methoxy groups -OCH3 is 1. The average Bonchev–Trinajstić information content (AvgIpc) is 2.64. The van der Waals surface area contributed by atoms with Crippen molar-refractivity contribution in [3.8, 4) is 11.5 Å². The lowest BCUT2D eigenvalue weighted by molar-refractivity contribution is -0.384. The number of hydrogen-bond acceptors (Lipinski definition) is 7. The second-order valence-electron chi connectivity index (χ2n) is 5.29. The van der Waals surface area contributed by atoms with Crippen LogP contribution in [0.3, 0.4) is 0 Å². The highest BCUT2D eigenvalue weighted by Crippen LogP contribution is 2.28. The molecule has 0 saturated heterocycles. The van der Waals surface area contributed by atoms with E-state index in [0.717, 1.165) is 0 Å². The van der Waals surface area contributed by atoms with E-state index in [4.69, 9.17) is 14.2 Å². The molecule has 136 valence electrons. The molecular weight excluding hydrogens is 342 g/mol. The van der Waals surface area contributed by atoms with Gasteiger partial charge in [0.05, 0.1) is 12.0 Å². The number of non-ortho nitro benzene ring substituents is 1. The summed E-state index contributed by atoms with van der Waals surface area (Å²) < 4.78 is 15.6. The van der Waals surface area contributed by atoms with Gasteiger partial charge in [0.2, 0.25) is 0 Å². The van der Waals surface area contributed by atoms with E-state index in [1.807, 2.05) is 0 Å². The number of nitrogens with zero attached hydrogens (tertiary/aromatic N) is 1. The minimum absolute atomic E-state index is 0.0272. The number of esters is 1. The number of nitro groups is 1. The zero-order valence-corrected chi connectivity index (χ0v) is 14.3. The number of ketones is 1. The predicted octanol–water partition coefficient (Wildman–Crippen LogP) is 2.93. The van der Waals surface area contributed by atoms with Gasteiger partial charge in [0.25, 0.3) is 5.69 Å². The Morgan fingerprint density at radius 3 is 2.35 bits per heavy atom. The molecule has 0 atom stereocenters. The lowest BCUT2D eigenvalue weighted by Crippen LogP contribution is -2.15. The van der Waals surface area contributed by atoms with Gasteiger partial charge in [-0.15, -0.1) is 0 Å². The quantitative estimate of drug-likeness (QED) is 0.309. The summed E-state index contributed by atoms with van der Waals surface area (Å²) >= 11 is 0. The third-order valence-electron chi connectivity index (χ3n) is 3.46. The summed E-state index contributed by atoms with van der Waals surface area (Å²) in [6.07, 6.45) is 0. The number of benzene rings is 2. The predicted molar refractivity (Wildman–Crippen MR) is 91.4 cm³/mol. The van der Waals surface area contributed by atoms with Crippen molar-refractivity contribution < 1.29 is 28.7 Å². The molecule has 2 rings (SSSR count). The van der Waals surface area contributed by atoms with Gasteiger partial charge in [0, 0.05) is 17.7 Å². The fourth-order valence-electron chi connectivity index (χ4n) is 2.06. The van der Waals surface area contributed by atoms with Gasteiger partial charge in [0.1, 0.15) is 6.61 Å². The van der Waals surface area contributed by atoms with Gasteiger partial charge in [-0.25, -0.2) is 4.79 Å². The van der Waals surface area contributed by atoms with Gasteiger partial charge >= 0.3 is 5.97 Å². The smallest absolute Gasteiger partial charge is 0.344 e. The third kappa shape index (κ3) is 5.04. The molecule has 26 heavy (non-hydrogen) atoms. The van der Waals surface area contributed by atoms with Gasteiger partial charge in [0.15, 0.2) is 23.9 Å². The molecule has 0 bridgehead atoms. The Balaban J connectivity index is 1.88. The van der Waals surface area contributed by atoms with E-state index in [9.17, 15) is 19.7 Å².